The molecule has 1 aromatic rings. The predicted octanol–water partition coefficient (Wildman–Crippen LogP) is 5.77. The van der Waals surface area contributed by atoms with Crippen molar-refractivity contribution in [3.8, 4) is 0 Å². The Morgan fingerprint density at radius 3 is 2.19 bits per heavy atom. The van der Waals surface area contributed by atoms with E-state index < -0.39 is 0 Å². The molecule has 0 saturated heterocycles. The Hall–Kier alpha value is -0.570. The van der Waals surface area contributed by atoms with Crippen LogP contribution in [0.1, 0.15) is 82.7 Å². The minimum atomic E-state index is 0.216. The zero-order valence-corrected chi connectivity index (χ0v) is 14.2. The molecule has 0 radical (unpaired) electrons. The first kappa shape index (κ1) is 18.5. The summed E-state index contributed by atoms with van der Waals surface area (Å²) in [6.07, 6.45) is 13.2. The summed E-state index contributed by atoms with van der Waals surface area (Å²) >= 11 is 6.03. The van der Waals surface area contributed by atoms with E-state index >= 15 is 0 Å². The number of nitrogens with two attached hydrogens (primary N) is 1. The van der Waals surface area contributed by atoms with E-state index in [-0.39, 0.29) is 6.04 Å². The Labute approximate surface area is 135 Å². The molecule has 0 heterocycles. The van der Waals surface area contributed by atoms with Crippen LogP contribution in [0, 0.1) is 0 Å². The van der Waals surface area contributed by atoms with Gasteiger partial charge in [-0.1, -0.05) is 88.4 Å². The number of halogens is 1. The van der Waals surface area contributed by atoms with E-state index in [2.05, 4.69) is 18.4 Å². The van der Waals surface area contributed by atoms with E-state index in [1.165, 1.54) is 63.4 Å². The average molecular weight is 311 g/mol. The number of hydrogen-bond acceptors (Lipinski definition) is 2. The molecule has 0 aromatic heterocycles. The van der Waals surface area contributed by atoms with Gasteiger partial charge < -0.3 is 0 Å². The van der Waals surface area contributed by atoms with Crippen molar-refractivity contribution in [2.45, 2.75) is 77.2 Å². The summed E-state index contributed by atoms with van der Waals surface area (Å²) in [7, 11) is 0. The number of unbranched alkanes of at least 4 members (excludes halogenated alkanes) is 8. The molecule has 3 N–H and O–H groups in total. The molecule has 120 valence electrons. The monoisotopic (exact) mass is 310 g/mol. The lowest BCUT2D eigenvalue weighted by Crippen LogP contribution is -2.27. The Morgan fingerprint density at radius 2 is 1.62 bits per heavy atom. The fourth-order valence-corrected chi connectivity index (χ4v) is 2.93. The van der Waals surface area contributed by atoms with Gasteiger partial charge in [-0.2, -0.15) is 0 Å². The third-order valence-corrected chi connectivity index (χ3v) is 4.28. The van der Waals surface area contributed by atoms with Gasteiger partial charge in [0.25, 0.3) is 0 Å². The van der Waals surface area contributed by atoms with Gasteiger partial charge in [0.2, 0.25) is 0 Å². The van der Waals surface area contributed by atoms with Gasteiger partial charge in [0, 0.05) is 11.1 Å². The molecule has 1 unspecified atom stereocenters. The van der Waals surface area contributed by atoms with Crippen molar-refractivity contribution < 1.29 is 0 Å². The molecule has 0 bridgehead atoms. The molecular formula is C18H31ClN2. The van der Waals surface area contributed by atoms with Crippen LogP contribution in [0.25, 0.3) is 0 Å². The fourth-order valence-electron chi connectivity index (χ4n) is 2.73. The third-order valence-electron chi connectivity index (χ3n) is 4.05. The topological polar surface area (TPSA) is 38.0 Å². The Bertz CT molecular complexity index is 368. The molecule has 0 aliphatic carbocycles. The molecule has 0 spiro atoms. The highest BCUT2D eigenvalue weighted by Crippen LogP contribution is 2.22. The molecule has 1 aromatic carbocycles. The molecule has 1 atom stereocenters. The molecule has 0 saturated carbocycles. The second-order valence-corrected chi connectivity index (χ2v) is 6.33. The summed E-state index contributed by atoms with van der Waals surface area (Å²) in [4.78, 5) is 0. The molecule has 2 nitrogen and oxygen atoms in total. The van der Waals surface area contributed by atoms with Gasteiger partial charge in [-0.15, -0.1) is 0 Å². The van der Waals surface area contributed by atoms with Crippen LogP contribution in [0.2, 0.25) is 5.02 Å². The normalized spacial score (nSPS) is 12.5. The van der Waals surface area contributed by atoms with Gasteiger partial charge in [0.15, 0.2) is 0 Å². The maximum Gasteiger partial charge on any atom is 0.0460 e. The minimum absolute atomic E-state index is 0.216. The Balaban J connectivity index is 2.10. The summed E-state index contributed by atoms with van der Waals surface area (Å²) in [5, 5.41) is 0.778. The number of nitrogens with one attached hydrogen (secondary N) is 1. The van der Waals surface area contributed by atoms with Crippen LogP contribution in [-0.4, -0.2) is 0 Å². The van der Waals surface area contributed by atoms with Gasteiger partial charge in [-0.25, -0.2) is 0 Å². The summed E-state index contributed by atoms with van der Waals surface area (Å²) in [5.74, 6) is 5.67. The van der Waals surface area contributed by atoms with E-state index in [9.17, 15) is 0 Å². The maximum absolute atomic E-state index is 6.03. The van der Waals surface area contributed by atoms with Crippen LogP contribution in [0.3, 0.4) is 0 Å². The number of rotatable bonds is 12. The fraction of sp³-hybridized carbons (Fsp3) is 0.667. The highest BCUT2D eigenvalue weighted by Gasteiger charge is 2.09. The molecule has 1 rings (SSSR count). The third kappa shape index (κ3) is 8.45. The van der Waals surface area contributed by atoms with Gasteiger partial charge >= 0.3 is 0 Å². The summed E-state index contributed by atoms with van der Waals surface area (Å²) in [6, 6.07) is 8.19. The number of hydrogen-bond donors (Lipinski definition) is 2. The zero-order chi connectivity index (χ0) is 15.3. The van der Waals surface area contributed by atoms with E-state index in [1.807, 2.05) is 18.2 Å². The van der Waals surface area contributed by atoms with Crippen molar-refractivity contribution in [1.82, 2.24) is 5.43 Å². The predicted molar refractivity (Wildman–Crippen MR) is 93.4 cm³/mol. The van der Waals surface area contributed by atoms with Gasteiger partial charge in [0.1, 0.15) is 0 Å². The van der Waals surface area contributed by atoms with E-state index in [4.69, 9.17) is 17.4 Å². The average Bonchev–Trinajstić information content (AvgIpc) is 2.49. The zero-order valence-electron chi connectivity index (χ0n) is 13.4. The minimum Gasteiger partial charge on any atom is -0.271 e. The van der Waals surface area contributed by atoms with E-state index in [1.54, 1.807) is 0 Å². The van der Waals surface area contributed by atoms with Crippen LogP contribution >= 0.6 is 11.6 Å². The quantitative estimate of drug-likeness (QED) is 0.292. The first-order chi connectivity index (χ1) is 10.3. The van der Waals surface area contributed by atoms with Gasteiger partial charge in [-0.3, -0.25) is 11.3 Å². The standard InChI is InChI=1S/C18H31ClN2/c1-2-3-4-5-6-7-8-9-10-14-18(21-20)16-12-11-13-17(19)15-16/h11-13,15,18,21H,2-10,14,20H2,1H3. The highest BCUT2D eigenvalue weighted by molar-refractivity contribution is 6.30. The first-order valence-corrected chi connectivity index (χ1v) is 8.87. The molecule has 0 amide bonds. The van der Waals surface area contributed by atoms with Gasteiger partial charge in [-0.05, 0) is 24.1 Å². The van der Waals surface area contributed by atoms with Crippen molar-refractivity contribution in [3.63, 3.8) is 0 Å². The van der Waals surface area contributed by atoms with E-state index in [0.717, 1.165) is 11.4 Å². The molecule has 0 aliphatic heterocycles. The Kier molecular flexibility index (Phi) is 10.6. The van der Waals surface area contributed by atoms with Crippen molar-refractivity contribution in [2.24, 2.45) is 5.84 Å². The Morgan fingerprint density at radius 1 is 1.00 bits per heavy atom. The SMILES string of the molecule is CCCCCCCCCCCC(NN)c1cccc(Cl)c1. The second kappa shape index (κ2) is 12.0. The summed E-state index contributed by atoms with van der Waals surface area (Å²) < 4.78 is 0. The largest absolute Gasteiger partial charge is 0.271 e. The number of hydrazine groups is 1. The number of benzene rings is 1. The molecule has 21 heavy (non-hydrogen) atoms. The first-order valence-electron chi connectivity index (χ1n) is 8.49. The van der Waals surface area contributed by atoms with E-state index in [0.29, 0.717) is 0 Å². The van der Waals surface area contributed by atoms with Gasteiger partial charge in [0.05, 0.1) is 0 Å². The summed E-state index contributed by atoms with van der Waals surface area (Å²) in [5.41, 5.74) is 4.10. The second-order valence-electron chi connectivity index (χ2n) is 5.89. The lowest BCUT2D eigenvalue weighted by molar-refractivity contribution is 0.474. The van der Waals surface area contributed by atoms with Crippen LogP contribution in [-0.2, 0) is 0 Å². The smallest absolute Gasteiger partial charge is 0.0460 e. The van der Waals surface area contributed by atoms with Crippen molar-refractivity contribution >= 4 is 11.6 Å². The summed E-state index contributed by atoms with van der Waals surface area (Å²) in [6.45, 7) is 2.27. The lowest BCUT2D eigenvalue weighted by atomic mass is 10.00. The van der Waals surface area contributed by atoms with Crippen LogP contribution < -0.4 is 11.3 Å². The van der Waals surface area contributed by atoms with Crippen LogP contribution in [0.4, 0.5) is 0 Å². The lowest BCUT2D eigenvalue weighted by Gasteiger charge is -2.16. The van der Waals surface area contributed by atoms with Crippen LogP contribution in [0.5, 0.6) is 0 Å². The molecule has 3 heteroatoms. The molecule has 0 fully saturated rings. The van der Waals surface area contributed by atoms with Crippen LogP contribution in [0.15, 0.2) is 24.3 Å². The molecule has 0 aliphatic rings. The highest BCUT2D eigenvalue weighted by atomic mass is 35.5. The van der Waals surface area contributed by atoms with Crippen molar-refractivity contribution in [2.75, 3.05) is 0 Å². The molecular weight excluding hydrogens is 280 g/mol. The van der Waals surface area contributed by atoms with Crippen molar-refractivity contribution in [3.05, 3.63) is 34.9 Å². The van der Waals surface area contributed by atoms with Crippen molar-refractivity contribution in [1.29, 1.82) is 0 Å². The maximum atomic E-state index is 6.03.